The van der Waals surface area contributed by atoms with Crippen molar-refractivity contribution in [2.75, 3.05) is 5.32 Å². The summed E-state index contributed by atoms with van der Waals surface area (Å²) in [6.45, 7) is 3.74. The zero-order chi connectivity index (χ0) is 17.5. The minimum Gasteiger partial charge on any atom is -0.336 e. The molecule has 0 heterocycles. The first-order chi connectivity index (χ1) is 11.4. The lowest BCUT2D eigenvalue weighted by atomic mass is 10.1. The monoisotopic (exact) mass is 326 g/mol. The van der Waals surface area contributed by atoms with Crippen LogP contribution in [0.1, 0.15) is 29.8 Å². The number of hydrogen-bond donors (Lipinski definition) is 2. The van der Waals surface area contributed by atoms with Crippen LogP contribution in [0.5, 0.6) is 0 Å². The first-order valence-electron chi connectivity index (χ1n) is 7.59. The summed E-state index contributed by atoms with van der Waals surface area (Å²) in [5.74, 6) is -0.486. The Labute approximate surface area is 140 Å². The number of rotatable bonds is 5. The summed E-state index contributed by atoms with van der Waals surface area (Å²) in [7, 11) is 0. The van der Waals surface area contributed by atoms with Crippen LogP contribution in [0.15, 0.2) is 54.6 Å². The van der Waals surface area contributed by atoms with Gasteiger partial charge in [0.25, 0.3) is 0 Å². The molecule has 0 unspecified atom stereocenters. The van der Waals surface area contributed by atoms with E-state index in [0.717, 1.165) is 5.56 Å². The Balaban J connectivity index is 1.98. The number of nitrogens with one attached hydrogen (secondary N) is 2. The Morgan fingerprint density at radius 3 is 2.21 bits per heavy atom. The lowest BCUT2D eigenvalue weighted by Gasteiger charge is -2.10. The fraction of sp³-hybridized carbons (Fsp3) is 0.158. The summed E-state index contributed by atoms with van der Waals surface area (Å²) in [5, 5.41) is 5.40. The summed E-state index contributed by atoms with van der Waals surface area (Å²) in [6.07, 6.45) is 3.06. The first kappa shape index (κ1) is 17.4. The van der Waals surface area contributed by atoms with Gasteiger partial charge >= 0.3 is 6.03 Å². The maximum Gasteiger partial charge on any atom is 0.319 e. The average molecular weight is 326 g/mol. The van der Waals surface area contributed by atoms with E-state index in [-0.39, 0.29) is 23.7 Å². The van der Waals surface area contributed by atoms with Crippen molar-refractivity contribution in [2.45, 2.75) is 19.9 Å². The third-order valence-electron chi connectivity index (χ3n) is 3.14. The van der Waals surface area contributed by atoms with Gasteiger partial charge in [0.05, 0.1) is 0 Å². The van der Waals surface area contributed by atoms with Gasteiger partial charge in [-0.25, -0.2) is 9.18 Å². The predicted octanol–water partition coefficient (Wildman–Crippen LogP) is 4.25. The zero-order valence-electron chi connectivity index (χ0n) is 13.5. The molecule has 124 valence electrons. The van der Waals surface area contributed by atoms with E-state index in [1.165, 1.54) is 18.2 Å². The van der Waals surface area contributed by atoms with Crippen molar-refractivity contribution >= 4 is 23.6 Å². The topological polar surface area (TPSA) is 58.2 Å². The number of allylic oxidation sites excluding steroid dienone is 1. The van der Waals surface area contributed by atoms with Crippen LogP contribution in [0.4, 0.5) is 14.9 Å². The van der Waals surface area contributed by atoms with Crippen LogP contribution in [0, 0.1) is 5.82 Å². The van der Waals surface area contributed by atoms with E-state index in [1.54, 1.807) is 42.5 Å². The second-order valence-electron chi connectivity index (χ2n) is 5.58. The number of anilines is 1. The van der Waals surface area contributed by atoms with Crippen molar-refractivity contribution in [3.8, 4) is 0 Å². The summed E-state index contributed by atoms with van der Waals surface area (Å²) in [4.78, 5) is 23.7. The van der Waals surface area contributed by atoms with Crippen LogP contribution in [0.25, 0.3) is 6.08 Å². The number of amides is 2. The molecule has 2 aromatic rings. The van der Waals surface area contributed by atoms with Gasteiger partial charge in [-0.3, -0.25) is 4.79 Å². The standard InChI is InChI=1S/C19H19FN2O2/c1-13(2)21-19(24)22-17-10-6-15(7-11-17)18(23)12-5-14-3-8-16(20)9-4-14/h3-13H,1-2H3,(H2,21,22,24)/b12-5+. The molecule has 2 aromatic carbocycles. The highest BCUT2D eigenvalue weighted by Crippen LogP contribution is 2.12. The zero-order valence-corrected chi connectivity index (χ0v) is 13.5. The minimum atomic E-state index is -0.317. The average Bonchev–Trinajstić information content (AvgIpc) is 2.54. The molecule has 0 aliphatic carbocycles. The number of benzene rings is 2. The van der Waals surface area contributed by atoms with Crippen LogP contribution < -0.4 is 10.6 Å². The molecule has 0 aromatic heterocycles. The molecule has 0 spiro atoms. The fourth-order valence-corrected chi connectivity index (χ4v) is 1.99. The van der Waals surface area contributed by atoms with E-state index in [2.05, 4.69) is 10.6 Å². The lowest BCUT2D eigenvalue weighted by Crippen LogP contribution is -2.34. The molecule has 0 aliphatic heterocycles. The Hall–Kier alpha value is -2.95. The largest absolute Gasteiger partial charge is 0.336 e. The molecule has 0 saturated carbocycles. The highest BCUT2D eigenvalue weighted by atomic mass is 19.1. The number of ketones is 1. The van der Waals surface area contributed by atoms with Gasteiger partial charge in [-0.1, -0.05) is 18.2 Å². The van der Waals surface area contributed by atoms with E-state index in [9.17, 15) is 14.0 Å². The van der Waals surface area contributed by atoms with Gasteiger partial charge in [0.15, 0.2) is 5.78 Å². The smallest absolute Gasteiger partial charge is 0.319 e. The maximum absolute atomic E-state index is 12.8. The Morgan fingerprint density at radius 1 is 1.00 bits per heavy atom. The van der Waals surface area contributed by atoms with E-state index in [1.807, 2.05) is 13.8 Å². The van der Waals surface area contributed by atoms with E-state index >= 15 is 0 Å². The van der Waals surface area contributed by atoms with E-state index in [4.69, 9.17) is 0 Å². The minimum absolute atomic E-state index is 0.0439. The van der Waals surface area contributed by atoms with Crippen LogP contribution in [0.3, 0.4) is 0 Å². The predicted molar refractivity (Wildman–Crippen MR) is 93.5 cm³/mol. The van der Waals surface area contributed by atoms with E-state index in [0.29, 0.717) is 11.3 Å². The third-order valence-corrected chi connectivity index (χ3v) is 3.14. The van der Waals surface area contributed by atoms with Crippen LogP contribution in [-0.4, -0.2) is 17.9 Å². The van der Waals surface area contributed by atoms with Gasteiger partial charge in [0.2, 0.25) is 0 Å². The summed E-state index contributed by atoms with van der Waals surface area (Å²) in [5.41, 5.74) is 1.85. The molecule has 2 N–H and O–H groups in total. The molecule has 4 nitrogen and oxygen atoms in total. The molecule has 0 bridgehead atoms. The molecule has 0 aliphatic rings. The van der Waals surface area contributed by atoms with Gasteiger partial charge in [0, 0.05) is 17.3 Å². The molecular weight excluding hydrogens is 307 g/mol. The molecule has 2 amide bonds. The lowest BCUT2D eigenvalue weighted by molar-refractivity contribution is 0.104. The molecule has 5 heteroatoms. The third kappa shape index (κ3) is 5.35. The van der Waals surface area contributed by atoms with Crippen LogP contribution in [-0.2, 0) is 0 Å². The Kier molecular flexibility index (Phi) is 5.84. The molecule has 0 atom stereocenters. The number of halogens is 1. The van der Waals surface area contributed by atoms with Crippen molar-refractivity contribution in [1.29, 1.82) is 0 Å². The van der Waals surface area contributed by atoms with Gasteiger partial charge < -0.3 is 10.6 Å². The van der Waals surface area contributed by atoms with Gasteiger partial charge in [-0.2, -0.15) is 0 Å². The van der Waals surface area contributed by atoms with Crippen LogP contribution in [0.2, 0.25) is 0 Å². The fourth-order valence-electron chi connectivity index (χ4n) is 1.99. The number of carbonyl (C=O) groups is 2. The molecule has 0 saturated heterocycles. The van der Waals surface area contributed by atoms with Gasteiger partial charge in [0.1, 0.15) is 5.82 Å². The van der Waals surface area contributed by atoms with Crippen molar-refractivity contribution in [2.24, 2.45) is 0 Å². The van der Waals surface area contributed by atoms with Gasteiger partial charge in [-0.15, -0.1) is 0 Å². The second-order valence-corrected chi connectivity index (χ2v) is 5.58. The SMILES string of the molecule is CC(C)NC(=O)Nc1ccc(C(=O)/C=C/c2ccc(F)cc2)cc1. The first-order valence-corrected chi connectivity index (χ1v) is 7.59. The van der Waals surface area contributed by atoms with Crippen molar-refractivity contribution in [3.63, 3.8) is 0 Å². The van der Waals surface area contributed by atoms with Gasteiger partial charge in [-0.05, 0) is 61.9 Å². The van der Waals surface area contributed by atoms with Crippen molar-refractivity contribution in [3.05, 3.63) is 71.6 Å². The normalized spacial score (nSPS) is 10.8. The van der Waals surface area contributed by atoms with Crippen molar-refractivity contribution < 1.29 is 14.0 Å². The maximum atomic E-state index is 12.8. The number of urea groups is 1. The highest BCUT2D eigenvalue weighted by molar-refractivity contribution is 6.07. The molecule has 24 heavy (non-hydrogen) atoms. The number of hydrogen-bond acceptors (Lipinski definition) is 2. The summed E-state index contributed by atoms with van der Waals surface area (Å²) < 4.78 is 12.8. The summed E-state index contributed by atoms with van der Waals surface area (Å²) >= 11 is 0. The second kappa shape index (κ2) is 8.06. The van der Waals surface area contributed by atoms with E-state index < -0.39 is 0 Å². The number of carbonyl (C=O) groups excluding carboxylic acids is 2. The molecule has 0 radical (unpaired) electrons. The van der Waals surface area contributed by atoms with Crippen LogP contribution >= 0.6 is 0 Å². The summed E-state index contributed by atoms with van der Waals surface area (Å²) in [6, 6.07) is 12.2. The Bertz CT molecular complexity index is 735. The molecule has 0 fully saturated rings. The molecule has 2 rings (SSSR count). The molecular formula is C19H19FN2O2. The Morgan fingerprint density at radius 2 is 1.62 bits per heavy atom. The quantitative estimate of drug-likeness (QED) is 0.637. The highest BCUT2D eigenvalue weighted by Gasteiger charge is 2.05. The van der Waals surface area contributed by atoms with Crippen molar-refractivity contribution in [1.82, 2.24) is 5.32 Å².